The van der Waals surface area contributed by atoms with Gasteiger partial charge in [0.25, 0.3) is 5.91 Å². The minimum Gasteiger partial charge on any atom is -0.346 e. The topological polar surface area (TPSA) is 37.6 Å². The van der Waals surface area contributed by atoms with Crippen molar-refractivity contribution in [3.05, 3.63) is 88.5 Å². The summed E-state index contributed by atoms with van der Waals surface area (Å²) in [5.41, 5.74) is 2.99. The van der Waals surface area contributed by atoms with Crippen LogP contribution in [0.5, 0.6) is 0 Å². The van der Waals surface area contributed by atoms with E-state index < -0.39 is 0 Å². The second-order valence-electron chi connectivity index (χ2n) is 8.03. The maximum absolute atomic E-state index is 13.5. The minimum absolute atomic E-state index is 0.0480. The lowest BCUT2D eigenvalue weighted by molar-refractivity contribution is -0.130. The van der Waals surface area contributed by atoms with Crippen LogP contribution in [-0.2, 0) is 11.3 Å². The zero-order chi connectivity index (χ0) is 22.8. The van der Waals surface area contributed by atoms with E-state index in [0.717, 1.165) is 34.0 Å². The Balaban J connectivity index is 1.39. The Morgan fingerprint density at radius 3 is 2.73 bits per heavy atom. The van der Waals surface area contributed by atoms with Crippen molar-refractivity contribution in [3.8, 4) is 0 Å². The van der Waals surface area contributed by atoms with Gasteiger partial charge in [0.2, 0.25) is 0 Å². The zero-order valence-electron chi connectivity index (χ0n) is 18.3. The van der Waals surface area contributed by atoms with Gasteiger partial charge in [0, 0.05) is 35.0 Å². The van der Waals surface area contributed by atoms with Crippen molar-refractivity contribution < 1.29 is 9.18 Å². The largest absolute Gasteiger partial charge is 0.346 e. The van der Waals surface area contributed by atoms with Gasteiger partial charge in [-0.3, -0.25) is 4.79 Å². The maximum atomic E-state index is 13.5. The standard InChI is InChI=1S/C26H24FN3OS2/c1-2-13-29-16-25(20-6-3-4-7-22(20)29)33-17-26(31)30-23(18-9-11-19(27)12-10-18)15-21(28-30)24-8-5-14-32-24/h3-12,14,16,23H,2,13,15,17H2,1H3. The number of thiophene rings is 1. The number of hydrogen-bond acceptors (Lipinski definition) is 4. The molecule has 1 aliphatic heterocycles. The minimum atomic E-state index is -0.284. The van der Waals surface area contributed by atoms with Gasteiger partial charge in [-0.25, -0.2) is 9.40 Å². The van der Waals surface area contributed by atoms with E-state index in [1.807, 2.05) is 29.6 Å². The molecular formula is C26H24FN3OS2. The molecule has 2 aromatic heterocycles. The first-order valence-electron chi connectivity index (χ1n) is 11.0. The third-order valence-electron chi connectivity index (χ3n) is 5.79. The molecule has 0 saturated heterocycles. The number of benzene rings is 2. The predicted octanol–water partition coefficient (Wildman–Crippen LogP) is 6.72. The number of hydrazone groups is 1. The fourth-order valence-corrected chi connectivity index (χ4v) is 5.90. The van der Waals surface area contributed by atoms with Gasteiger partial charge < -0.3 is 4.57 Å². The van der Waals surface area contributed by atoms with E-state index in [1.165, 1.54) is 23.0 Å². The Hall–Kier alpha value is -2.90. The van der Waals surface area contributed by atoms with Crippen LogP contribution >= 0.6 is 23.1 Å². The molecule has 0 fully saturated rings. The van der Waals surface area contributed by atoms with Crippen molar-refractivity contribution in [1.29, 1.82) is 0 Å². The predicted molar refractivity (Wildman–Crippen MR) is 134 cm³/mol. The number of halogens is 1. The Labute approximate surface area is 200 Å². The zero-order valence-corrected chi connectivity index (χ0v) is 19.9. The van der Waals surface area contributed by atoms with Gasteiger partial charge in [-0.05, 0) is 41.6 Å². The van der Waals surface area contributed by atoms with Crippen LogP contribution in [0.3, 0.4) is 0 Å². The maximum Gasteiger partial charge on any atom is 0.253 e. The van der Waals surface area contributed by atoms with E-state index in [2.05, 4.69) is 29.8 Å². The second-order valence-corrected chi connectivity index (χ2v) is 9.99. The Morgan fingerprint density at radius 1 is 1.15 bits per heavy atom. The summed E-state index contributed by atoms with van der Waals surface area (Å²) < 4.78 is 15.8. The summed E-state index contributed by atoms with van der Waals surface area (Å²) in [6, 6.07) is 18.5. The molecule has 0 bridgehead atoms. The van der Waals surface area contributed by atoms with E-state index >= 15 is 0 Å². The van der Waals surface area contributed by atoms with E-state index in [0.29, 0.717) is 12.2 Å². The molecule has 1 unspecified atom stereocenters. The van der Waals surface area contributed by atoms with Crippen LogP contribution in [0.1, 0.15) is 36.2 Å². The number of carbonyl (C=O) groups excluding carboxylic acids is 1. The summed E-state index contributed by atoms with van der Waals surface area (Å²) in [4.78, 5) is 15.5. The molecule has 4 nitrogen and oxygen atoms in total. The van der Waals surface area contributed by atoms with E-state index in [9.17, 15) is 9.18 Å². The molecule has 7 heteroatoms. The highest BCUT2D eigenvalue weighted by Gasteiger charge is 2.33. The van der Waals surface area contributed by atoms with Crippen LogP contribution < -0.4 is 0 Å². The van der Waals surface area contributed by atoms with Crippen LogP contribution in [0.2, 0.25) is 0 Å². The summed E-state index contributed by atoms with van der Waals surface area (Å²) in [5.74, 6) is -0.0415. The Morgan fingerprint density at radius 2 is 1.97 bits per heavy atom. The number of amides is 1. The normalized spacial score (nSPS) is 15.9. The van der Waals surface area contributed by atoms with Gasteiger partial charge in [0.05, 0.1) is 22.4 Å². The molecular weight excluding hydrogens is 453 g/mol. The summed E-state index contributed by atoms with van der Waals surface area (Å²) in [7, 11) is 0. The highest BCUT2D eigenvalue weighted by molar-refractivity contribution is 8.00. The van der Waals surface area contributed by atoms with Gasteiger partial charge in [-0.2, -0.15) is 5.10 Å². The lowest BCUT2D eigenvalue weighted by atomic mass is 10.0. The number of carbonyl (C=O) groups is 1. The average molecular weight is 478 g/mol. The highest BCUT2D eigenvalue weighted by atomic mass is 32.2. The summed E-state index contributed by atoms with van der Waals surface area (Å²) in [6.07, 6.45) is 3.82. The van der Waals surface area contributed by atoms with Crippen molar-refractivity contribution in [1.82, 2.24) is 9.58 Å². The summed E-state index contributed by atoms with van der Waals surface area (Å²) >= 11 is 3.17. The molecule has 0 radical (unpaired) electrons. The molecule has 0 saturated carbocycles. The molecule has 1 amide bonds. The van der Waals surface area contributed by atoms with E-state index in [4.69, 9.17) is 5.10 Å². The monoisotopic (exact) mass is 477 g/mol. The van der Waals surface area contributed by atoms with Crippen molar-refractivity contribution >= 4 is 45.6 Å². The summed E-state index contributed by atoms with van der Waals surface area (Å²) in [6.45, 7) is 3.11. The molecule has 1 atom stereocenters. The lowest BCUT2D eigenvalue weighted by Gasteiger charge is -2.22. The molecule has 3 heterocycles. The van der Waals surface area contributed by atoms with Crippen LogP contribution in [0, 0.1) is 5.82 Å². The molecule has 0 N–H and O–H groups in total. The van der Waals surface area contributed by atoms with Crippen LogP contribution in [0.4, 0.5) is 4.39 Å². The van der Waals surface area contributed by atoms with Crippen molar-refractivity contribution in [2.45, 2.75) is 37.2 Å². The number of aryl methyl sites for hydroxylation is 1. The first kappa shape index (κ1) is 21.9. The first-order valence-corrected chi connectivity index (χ1v) is 12.9. The second kappa shape index (κ2) is 9.53. The molecule has 4 aromatic rings. The number of rotatable bonds is 7. The number of aromatic nitrogens is 1. The Bertz CT molecular complexity index is 1300. The van der Waals surface area contributed by atoms with Crippen LogP contribution in [-0.4, -0.2) is 26.9 Å². The van der Waals surface area contributed by atoms with E-state index in [1.54, 1.807) is 40.2 Å². The van der Waals surface area contributed by atoms with Gasteiger partial charge in [0.15, 0.2) is 0 Å². The van der Waals surface area contributed by atoms with Crippen LogP contribution in [0.15, 0.2) is 82.2 Å². The van der Waals surface area contributed by atoms with Crippen molar-refractivity contribution in [2.75, 3.05) is 5.75 Å². The number of hydrogen-bond donors (Lipinski definition) is 0. The SMILES string of the molecule is CCCn1cc(SCC(=O)N2N=C(c3cccs3)CC2c2ccc(F)cc2)c2ccccc21. The highest BCUT2D eigenvalue weighted by Crippen LogP contribution is 2.36. The van der Waals surface area contributed by atoms with Crippen molar-refractivity contribution in [2.24, 2.45) is 5.10 Å². The van der Waals surface area contributed by atoms with Gasteiger partial charge >= 0.3 is 0 Å². The number of nitrogens with zero attached hydrogens (tertiary/aromatic N) is 3. The first-order chi connectivity index (χ1) is 16.1. The average Bonchev–Trinajstić information content (AvgIpc) is 3.58. The third-order valence-corrected chi connectivity index (χ3v) is 7.74. The Kier molecular flexibility index (Phi) is 6.33. The quantitative estimate of drug-likeness (QED) is 0.277. The molecule has 2 aromatic carbocycles. The fourth-order valence-electron chi connectivity index (χ4n) is 4.24. The van der Waals surface area contributed by atoms with E-state index in [-0.39, 0.29) is 17.8 Å². The fraction of sp³-hybridized carbons (Fsp3) is 0.231. The molecule has 1 aliphatic rings. The molecule has 0 spiro atoms. The number of fused-ring (bicyclic) bond motifs is 1. The number of para-hydroxylation sites is 1. The third kappa shape index (κ3) is 4.48. The number of thioether (sulfide) groups is 1. The lowest BCUT2D eigenvalue weighted by Crippen LogP contribution is -2.28. The van der Waals surface area contributed by atoms with Gasteiger partial charge in [-0.15, -0.1) is 23.1 Å². The van der Waals surface area contributed by atoms with Gasteiger partial charge in [-0.1, -0.05) is 43.3 Å². The molecule has 168 valence electrons. The molecule has 5 rings (SSSR count). The molecule has 0 aliphatic carbocycles. The summed E-state index contributed by atoms with van der Waals surface area (Å²) in [5, 5.41) is 9.50. The smallest absolute Gasteiger partial charge is 0.253 e. The van der Waals surface area contributed by atoms with Crippen LogP contribution in [0.25, 0.3) is 10.9 Å². The van der Waals surface area contributed by atoms with Crippen molar-refractivity contribution in [3.63, 3.8) is 0 Å². The molecule has 33 heavy (non-hydrogen) atoms. The van der Waals surface area contributed by atoms with Gasteiger partial charge in [0.1, 0.15) is 5.82 Å².